The molecule has 2 aliphatic heterocycles. The molecule has 128 valence electrons. The normalized spacial score (nSPS) is 22.4. The fourth-order valence-electron chi connectivity index (χ4n) is 4.12. The molecule has 5 nitrogen and oxygen atoms in total. The van der Waals surface area contributed by atoms with Crippen molar-refractivity contribution < 1.29 is 9.53 Å². The number of hydrogen-bond acceptors (Lipinski definition) is 3. The van der Waals surface area contributed by atoms with Gasteiger partial charge in [-0.1, -0.05) is 6.07 Å². The zero-order valence-corrected chi connectivity index (χ0v) is 14.5. The lowest BCUT2D eigenvalue weighted by molar-refractivity contribution is -0.136. The molecule has 0 radical (unpaired) electrons. The van der Waals surface area contributed by atoms with Crippen LogP contribution in [0.4, 0.5) is 0 Å². The lowest BCUT2D eigenvalue weighted by Gasteiger charge is -2.34. The van der Waals surface area contributed by atoms with Crippen LogP contribution in [-0.2, 0) is 9.53 Å². The Hall–Kier alpha value is -1.88. The van der Waals surface area contributed by atoms with Crippen molar-refractivity contribution in [2.45, 2.75) is 39.2 Å². The first-order valence-corrected chi connectivity index (χ1v) is 8.95. The van der Waals surface area contributed by atoms with Crippen LogP contribution in [0.25, 0.3) is 11.0 Å². The van der Waals surface area contributed by atoms with Crippen molar-refractivity contribution in [1.82, 2.24) is 14.5 Å². The molecule has 2 aromatic rings. The van der Waals surface area contributed by atoms with Crippen molar-refractivity contribution in [3.05, 3.63) is 29.6 Å². The van der Waals surface area contributed by atoms with Gasteiger partial charge < -0.3 is 14.2 Å². The highest BCUT2D eigenvalue weighted by molar-refractivity contribution is 5.79. The highest BCUT2D eigenvalue weighted by Crippen LogP contribution is 2.30. The lowest BCUT2D eigenvalue weighted by Crippen LogP contribution is -2.42. The second kappa shape index (κ2) is 6.20. The summed E-state index contributed by atoms with van der Waals surface area (Å²) >= 11 is 0. The van der Waals surface area contributed by atoms with Crippen LogP contribution in [0, 0.1) is 19.8 Å². The standard InChI is InChI=1S/C19H25N3O2/c1-13-3-4-17-18(11-13)22(14(2)20-17)16-5-8-21(9-6-16)19(23)15-7-10-24-12-15/h3-4,11,15-16H,5-10,12H2,1-2H3. The fraction of sp³-hybridized carbons (Fsp3) is 0.579. The maximum atomic E-state index is 12.5. The highest BCUT2D eigenvalue weighted by atomic mass is 16.5. The third-order valence-electron chi connectivity index (χ3n) is 5.44. The van der Waals surface area contributed by atoms with Gasteiger partial charge in [-0.3, -0.25) is 4.79 Å². The molecule has 1 aromatic carbocycles. The summed E-state index contributed by atoms with van der Waals surface area (Å²) in [6.45, 7) is 7.21. The number of hydrogen-bond donors (Lipinski definition) is 0. The number of nitrogens with zero attached hydrogens (tertiary/aromatic N) is 3. The Morgan fingerprint density at radius 3 is 2.71 bits per heavy atom. The molecule has 2 saturated heterocycles. The third kappa shape index (κ3) is 2.71. The van der Waals surface area contributed by atoms with E-state index in [-0.39, 0.29) is 11.8 Å². The van der Waals surface area contributed by atoms with Crippen molar-refractivity contribution in [1.29, 1.82) is 0 Å². The van der Waals surface area contributed by atoms with Crippen LogP contribution in [-0.4, -0.2) is 46.7 Å². The first kappa shape index (κ1) is 15.6. The zero-order chi connectivity index (χ0) is 16.7. The minimum absolute atomic E-state index is 0.0833. The number of aromatic nitrogens is 2. The molecule has 5 heteroatoms. The summed E-state index contributed by atoms with van der Waals surface area (Å²) < 4.78 is 7.74. The zero-order valence-electron chi connectivity index (χ0n) is 14.5. The second-order valence-electron chi connectivity index (χ2n) is 7.14. The molecule has 1 unspecified atom stereocenters. The van der Waals surface area contributed by atoms with Gasteiger partial charge in [-0.25, -0.2) is 4.98 Å². The maximum Gasteiger partial charge on any atom is 0.228 e. The number of rotatable bonds is 2. The molecule has 1 amide bonds. The molecule has 0 bridgehead atoms. The maximum absolute atomic E-state index is 12.5. The first-order chi connectivity index (χ1) is 11.6. The van der Waals surface area contributed by atoms with E-state index >= 15 is 0 Å². The summed E-state index contributed by atoms with van der Waals surface area (Å²) in [5, 5.41) is 0. The number of aryl methyl sites for hydroxylation is 2. The topological polar surface area (TPSA) is 47.4 Å². The quantitative estimate of drug-likeness (QED) is 0.852. The average molecular weight is 327 g/mol. The second-order valence-corrected chi connectivity index (χ2v) is 7.14. The van der Waals surface area contributed by atoms with E-state index in [1.54, 1.807) is 0 Å². The van der Waals surface area contributed by atoms with Gasteiger partial charge in [-0.15, -0.1) is 0 Å². The lowest BCUT2D eigenvalue weighted by atomic mass is 10.0. The van der Waals surface area contributed by atoms with Gasteiger partial charge in [-0.05, 0) is 50.8 Å². The smallest absolute Gasteiger partial charge is 0.228 e. The Bertz CT molecular complexity index is 753. The number of benzene rings is 1. The molecule has 4 rings (SSSR count). The largest absolute Gasteiger partial charge is 0.381 e. The van der Waals surface area contributed by atoms with E-state index in [0.29, 0.717) is 12.6 Å². The Balaban J connectivity index is 1.51. The van der Waals surface area contributed by atoms with Gasteiger partial charge in [-0.2, -0.15) is 0 Å². The molecule has 1 aromatic heterocycles. The molecule has 3 heterocycles. The van der Waals surface area contributed by atoms with Crippen molar-refractivity contribution >= 4 is 16.9 Å². The van der Waals surface area contributed by atoms with Crippen LogP contribution < -0.4 is 0 Å². The number of imidazole rings is 1. The van der Waals surface area contributed by atoms with Crippen molar-refractivity contribution in [2.24, 2.45) is 5.92 Å². The molecule has 2 fully saturated rings. The first-order valence-electron chi connectivity index (χ1n) is 8.95. The SMILES string of the molecule is Cc1ccc2nc(C)n(C3CCN(C(=O)C4CCOC4)CC3)c2c1. The van der Waals surface area contributed by atoms with E-state index in [4.69, 9.17) is 9.72 Å². The number of carbonyl (C=O) groups is 1. The summed E-state index contributed by atoms with van der Waals surface area (Å²) in [5.74, 6) is 1.44. The summed E-state index contributed by atoms with van der Waals surface area (Å²) in [6.07, 6.45) is 2.88. The van der Waals surface area contributed by atoms with Crippen LogP contribution in [0.2, 0.25) is 0 Å². The Labute approximate surface area is 142 Å². The molecule has 0 spiro atoms. The number of likely N-dealkylation sites (tertiary alicyclic amines) is 1. The van der Waals surface area contributed by atoms with E-state index in [1.165, 1.54) is 11.1 Å². The number of amides is 1. The minimum atomic E-state index is 0.0833. The molecular weight excluding hydrogens is 302 g/mol. The molecule has 0 saturated carbocycles. The van der Waals surface area contributed by atoms with E-state index in [2.05, 4.69) is 36.6 Å². The van der Waals surface area contributed by atoms with E-state index in [9.17, 15) is 4.79 Å². The van der Waals surface area contributed by atoms with Gasteiger partial charge in [0.1, 0.15) is 5.82 Å². The van der Waals surface area contributed by atoms with Crippen molar-refractivity contribution in [3.8, 4) is 0 Å². The number of fused-ring (bicyclic) bond motifs is 1. The van der Waals surface area contributed by atoms with Gasteiger partial charge in [0.15, 0.2) is 0 Å². The summed E-state index contributed by atoms with van der Waals surface area (Å²) in [7, 11) is 0. The third-order valence-corrected chi connectivity index (χ3v) is 5.44. The van der Waals surface area contributed by atoms with Gasteiger partial charge in [0.2, 0.25) is 5.91 Å². The highest BCUT2D eigenvalue weighted by Gasteiger charge is 2.31. The van der Waals surface area contributed by atoms with Crippen molar-refractivity contribution in [2.75, 3.05) is 26.3 Å². The number of ether oxygens (including phenoxy) is 1. The molecule has 1 atom stereocenters. The van der Waals surface area contributed by atoms with E-state index in [0.717, 1.165) is 50.3 Å². The van der Waals surface area contributed by atoms with Crippen LogP contribution in [0.1, 0.15) is 36.7 Å². The predicted molar refractivity (Wildman–Crippen MR) is 93.0 cm³/mol. The predicted octanol–water partition coefficient (Wildman–Crippen LogP) is 2.85. The minimum Gasteiger partial charge on any atom is -0.381 e. The van der Waals surface area contributed by atoms with Crippen LogP contribution in [0.5, 0.6) is 0 Å². The number of piperidine rings is 1. The van der Waals surface area contributed by atoms with E-state index < -0.39 is 0 Å². The molecule has 0 aliphatic carbocycles. The monoisotopic (exact) mass is 327 g/mol. The van der Waals surface area contributed by atoms with Crippen LogP contribution in [0.3, 0.4) is 0 Å². The summed E-state index contributed by atoms with van der Waals surface area (Å²) in [4.78, 5) is 19.3. The summed E-state index contributed by atoms with van der Waals surface area (Å²) in [6, 6.07) is 6.88. The van der Waals surface area contributed by atoms with Gasteiger partial charge in [0, 0.05) is 25.7 Å². The van der Waals surface area contributed by atoms with E-state index in [1.807, 2.05) is 4.90 Å². The van der Waals surface area contributed by atoms with Crippen molar-refractivity contribution in [3.63, 3.8) is 0 Å². The van der Waals surface area contributed by atoms with Crippen LogP contribution >= 0.6 is 0 Å². The summed E-state index contributed by atoms with van der Waals surface area (Å²) in [5.41, 5.74) is 3.55. The molecule has 2 aliphatic rings. The average Bonchev–Trinajstić information content (AvgIpc) is 3.21. The Kier molecular flexibility index (Phi) is 4.04. The Morgan fingerprint density at radius 1 is 1.21 bits per heavy atom. The molecule has 24 heavy (non-hydrogen) atoms. The molecular formula is C19H25N3O2. The number of carbonyl (C=O) groups excluding carboxylic acids is 1. The Morgan fingerprint density at radius 2 is 2.00 bits per heavy atom. The van der Waals surface area contributed by atoms with Gasteiger partial charge in [0.25, 0.3) is 0 Å². The van der Waals surface area contributed by atoms with Gasteiger partial charge in [0.05, 0.1) is 23.6 Å². The van der Waals surface area contributed by atoms with Crippen LogP contribution in [0.15, 0.2) is 18.2 Å². The molecule has 0 N–H and O–H groups in total. The fourth-order valence-corrected chi connectivity index (χ4v) is 4.12. The van der Waals surface area contributed by atoms with Gasteiger partial charge >= 0.3 is 0 Å².